The van der Waals surface area contributed by atoms with E-state index in [0.29, 0.717) is 24.4 Å². The van der Waals surface area contributed by atoms with Gasteiger partial charge in [-0.15, -0.1) is 0 Å². The molecule has 1 atom stereocenters. The number of benzene rings is 2. The number of furan rings is 1. The lowest BCUT2D eigenvalue weighted by atomic mass is 9.68. The van der Waals surface area contributed by atoms with Crippen LogP contribution in [0.3, 0.4) is 0 Å². The molecule has 1 heterocycles. The summed E-state index contributed by atoms with van der Waals surface area (Å²) in [6.45, 7) is 3.41. The molecule has 204 valence electrons. The van der Waals surface area contributed by atoms with E-state index in [-0.39, 0.29) is 18.6 Å². The first-order valence-electron chi connectivity index (χ1n) is 12.9. The molecule has 0 amide bonds. The van der Waals surface area contributed by atoms with E-state index in [4.69, 9.17) is 18.6 Å². The molecule has 0 aliphatic heterocycles. The van der Waals surface area contributed by atoms with Crippen molar-refractivity contribution in [3.8, 4) is 0 Å². The number of carbonyl (C=O) groups excluding carboxylic acids is 3. The van der Waals surface area contributed by atoms with Crippen molar-refractivity contribution in [1.82, 2.24) is 0 Å². The van der Waals surface area contributed by atoms with E-state index in [1.54, 1.807) is 14.0 Å². The van der Waals surface area contributed by atoms with Gasteiger partial charge < -0.3 is 23.4 Å². The number of ether oxygens (including phenoxy) is 3. The van der Waals surface area contributed by atoms with Crippen LogP contribution >= 0.6 is 0 Å². The average Bonchev–Trinajstić information content (AvgIpc) is 3.28. The zero-order valence-electron chi connectivity index (χ0n) is 23.0. The fraction of sp³-hybridized carbons (Fsp3) is 0.344. The highest BCUT2D eigenvalue weighted by atomic mass is 16.5. The van der Waals surface area contributed by atoms with Gasteiger partial charge in [-0.2, -0.15) is 0 Å². The van der Waals surface area contributed by atoms with Gasteiger partial charge in [-0.3, -0.25) is 9.59 Å². The molecule has 4 rings (SSSR count). The van der Waals surface area contributed by atoms with Crippen LogP contribution in [0.15, 0.2) is 65.1 Å². The van der Waals surface area contributed by atoms with E-state index in [1.807, 2.05) is 67.6 Å². The molecule has 0 radical (unpaired) electrons. The number of esters is 2. The summed E-state index contributed by atoms with van der Waals surface area (Å²) in [5.74, 6) is -0.252. The van der Waals surface area contributed by atoms with Crippen LogP contribution in [-0.4, -0.2) is 39.1 Å². The molecular weight excluding hydrogens is 496 g/mol. The smallest absolute Gasteiger partial charge is 0.324 e. The van der Waals surface area contributed by atoms with Crippen molar-refractivity contribution in [2.75, 3.05) is 21.3 Å². The van der Waals surface area contributed by atoms with Gasteiger partial charge in [0, 0.05) is 37.5 Å². The van der Waals surface area contributed by atoms with Gasteiger partial charge in [0.25, 0.3) is 0 Å². The van der Waals surface area contributed by atoms with E-state index in [1.165, 1.54) is 14.2 Å². The predicted molar refractivity (Wildman–Crippen MR) is 147 cm³/mol. The number of hydrogen-bond donors (Lipinski definition) is 0. The van der Waals surface area contributed by atoms with Crippen LogP contribution in [0.5, 0.6) is 0 Å². The fourth-order valence-electron chi connectivity index (χ4n) is 5.59. The van der Waals surface area contributed by atoms with Crippen LogP contribution in [0.4, 0.5) is 0 Å². The standard InChI is InChI=1S/C32H34O7/c1-20(33)16-17-24(22-12-8-6-9-13-22)25-18-32(30(34)37-4,31(35)38-5)19-26-28(25)27(21(2)39-26)29(36-3)23-14-10-7-11-15-23/h6-15,29H,16-19H2,1-5H3/b25-24+/t29-/m0/s1. The van der Waals surface area contributed by atoms with Crippen molar-refractivity contribution in [2.45, 2.75) is 45.6 Å². The number of aryl methyl sites for hydroxylation is 1. The van der Waals surface area contributed by atoms with Crippen LogP contribution < -0.4 is 0 Å². The molecule has 0 bridgehead atoms. The molecule has 0 saturated heterocycles. The van der Waals surface area contributed by atoms with Gasteiger partial charge in [0.15, 0.2) is 5.41 Å². The first-order chi connectivity index (χ1) is 18.8. The number of ketones is 1. The third kappa shape index (κ3) is 5.32. The third-order valence-electron chi connectivity index (χ3n) is 7.41. The number of allylic oxidation sites excluding steroid dienone is 2. The van der Waals surface area contributed by atoms with Crippen molar-refractivity contribution in [3.63, 3.8) is 0 Å². The Labute approximate surface area is 228 Å². The summed E-state index contributed by atoms with van der Waals surface area (Å²) >= 11 is 0. The minimum absolute atomic E-state index is 0.0218. The van der Waals surface area contributed by atoms with E-state index in [2.05, 4.69) is 0 Å². The summed E-state index contributed by atoms with van der Waals surface area (Å²) in [7, 11) is 4.16. The van der Waals surface area contributed by atoms with Crippen LogP contribution in [0.25, 0.3) is 11.1 Å². The highest BCUT2D eigenvalue weighted by molar-refractivity contribution is 6.06. The molecule has 39 heavy (non-hydrogen) atoms. The molecule has 1 aliphatic rings. The Morgan fingerprint density at radius 1 is 0.872 bits per heavy atom. The Bertz CT molecular complexity index is 1370. The second-order valence-electron chi connectivity index (χ2n) is 9.84. The SMILES string of the molecule is COC(=O)C1(C(=O)OC)C/C(=C(/CCC(C)=O)c2ccccc2)c2c(oc(C)c2[C@@H](OC)c2ccccc2)C1. The number of rotatable bonds is 9. The number of fused-ring (bicyclic) bond motifs is 1. The Morgan fingerprint density at radius 3 is 2.00 bits per heavy atom. The summed E-state index contributed by atoms with van der Waals surface area (Å²) in [6.07, 6.45) is 0.261. The maximum absolute atomic E-state index is 13.3. The summed E-state index contributed by atoms with van der Waals surface area (Å²) < 4.78 is 22.7. The molecule has 0 saturated carbocycles. The molecule has 0 unspecified atom stereocenters. The van der Waals surface area contributed by atoms with Crippen LogP contribution in [0.2, 0.25) is 0 Å². The second-order valence-corrected chi connectivity index (χ2v) is 9.84. The molecule has 1 aliphatic carbocycles. The van der Waals surface area contributed by atoms with Crippen molar-refractivity contribution < 1.29 is 33.0 Å². The molecule has 3 aromatic rings. The van der Waals surface area contributed by atoms with Gasteiger partial charge in [-0.1, -0.05) is 60.7 Å². The fourth-order valence-corrected chi connectivity index (χ4v) is 5.59. The van der Waals surface area contributed by atoms with Crippen LogP contribution in [0.1, 0.15) is 66.1 Å². The maximum atomic E-state index is 13.3. The zero-order valence-corrected chi connectivity index (χ0v) is 23.0. The van der Waals surface area contributed by atoms with Crippen LogP contribution in [0, 0.1) is 12.3 Å². The average molecular weight is 531 g/mol. The number of hydrogen-bond acceptors (Lipinski definition) is 7. The first-order valence-corrected chi connectivity index (χ1v) is 12.9. The molecule has 7 nitrogen and oxygen atoms in total. The first kappa shape index (κ1) is 28.0. The van der Waals surface area contributed by atoms with Gasteiger partial charge in [0.2, 0.25) is 0 Å². The summed E-state index contributed by atoms with van der Waals surface area (Å²) in [6, 6.07) is 19.5. The largest absolute Gasteiger partial charge is 0.468 e. The lowest BCUT2D eigenvalue weighted by molar-refractivity contribution is -0.169. The monoisotopic (exact) mass is 530 g/mol. The Kier molecular flexibility index (Phi) is 8.51. The molecule has 0 N–H and O–H groups in total. The maximum Gasteiger partial charge on any atom is 0.324 e. The van der Waals surface area contributed by atoms with Crippen molar-refractivity contribution in [3.05, 3.63) is 94.4 Å². The molecule has 2 aromatic carbocycles. The zero-order chi connectivity index (χ0) is 28.2. The molecular formula is C32H34O7. The van der Waals surface area contributed by atoms with Gasteiger partial charge in [-0.05, 0) is 42.5 Å². The van der Waals surface area contributed by atoms with Gasteiger partial charge >= 0.3 is 11.9 Å². The van der Waals surface area contributed by atoms with E-state index in [9.17, 15) is 14.4 Å². The molecule has 0 spiro atoms. The van der Waals surface area contributed by atoms with Crippen molar-refractivity contribution >= 4 is 28.9 Å². The topological polar surface area (TPSA) is 92.0 Å². The summed E-state index contributed by atoms with van der Waals surface area (Å²) in [4.78, 5) is 38.8. The lowest BCUT2D eigenvalue weighted by Gasteiger charge is -2.34. The second kappa shape index (κ2) is 11.8. The minimum atomic E-state index is -1.64. The number of carbonyl (C=O) groups is 3. The number of methoxy groups -OCH3 is 3. The van der Waals surface area contributed by atoms with E-state index in [0.717, 1.165) is 33.4 Å². The Morgan fingerprint density at radius 2 is 1.46 bits per heavy atom. The normalized spacial score (nSPS) is 16.1. The number of Topliss-reactive ketones (excluding diaryl/α,β-unsaturated/α-hetero) is 1. The van der Waals surface area contributed by atoms with E-state index >= 15 is 0 Å². The molecule has 0 fully saturated rings. The Hall–Kier alpha value is -3.97. The molecule has 7 heteroatoms. The predicted octanol–water partition coefficient (Wildman–Crippen LogP) is 5.88. The summed E-state index contributed by atoms with van der Waals surface area (Å²) in [5.41, 5.74) is 3.41. The van der Waals surface area contributed by atoms with Crippen molar-refractivity contribution in [2.24, 2.45) is 5.41 Å². The quantitative estimate of drug-likeness (QED) is 0.252. The van der Waals surface area contributed by atoms with E-state index < -0.39 is 23.5 Å². The summed E-state index contributed by atoms with van der Waals surface area (Å²) in [5, 5.41) is 0. The highest BCUT2D eigenvalue weighted by Crippen LogP contribution is 2.52. The minimum Gasteiger partial charge on any atom is -0.468 e. The van der Waals surface area contributed by atoms with Gasteiger partial charge in [0.05, 0.1) is 14.2 Å². The lowest BCUT2D eigenvalue weighted by Crippen LogP contribution is -2.45. The highest BCUT2D eigenvalue weighted by Gasteiger charge is 2.54. The third-order valence-corrected chi connectivity index (χ3v) is 7.41. The molecule has 1 aromatic heterocycles. The van der Waals surface area contributed by atoms with Gasteiger partial charge in [0.1, 0.15) is 23.4 Å². The van der Waals surface area contributed by atoms with Gasteiger partial charge in [-0.25, -0.2) is 0 Å². The van der Waals surface area contributed by atoms with Crippen molar-refractivity contribution in [1.29, 1.82) is 0 Å². The van der Waals surface area contributed by atoms with Crippen LogP contribution in [-0.2, 0) is 35.0 Å². The Balaban J connectivity index is 2.08.